The summed E-state index contributed by atoms with van der Waals surface area (Å²) in [6, 6.07) is 12.7. The average Bonchev–Trinajstić information content (AvgIpc) is 2.70. The number of hydrogen-bond donors (Lipinski definition) is 2. The maximum Gasteiger partial charge on any atom is 0.326 e. The number of halogens is 4. The molecular weight excluding hydrogens is 527 g/mol. The predicted molar refractivity (Wildman–Crippen MR) is 128 cm³/mol. The Labute approximate surface area is 202 Å². The monoisotopic (exact) mass is 540 g/mol. The topological polar surface area (TPSA) is 67.4 Å². The fraction of sp³-hybridized carbons (Fsp3) is 0.0909. The van der Waals surface area contributed by atoms with Gasteiger partial charge in [0.1, 0.15) is 11.5 Å². The molecule has 0 radical (unpaired) electrons. The van der Waals surface area contributed by atoms with E-state index in [1.807, 2.05) is 0 Å². The van der Waals surface area contributed by atoms with Crippen LogP contribution < -0.4 is 15.4 Å². The van der Waals surface area contributed by atoms with Gasteiger partial charge in [-0.1, -0.05) is 46.9 Å². The van der Waals surface area contributed by atoms with Crippen LogP contribution in [0.2, 0.25) is 15.1 Å². The molecule has 0 aliphatic heterocycles. The first-order chi connectivity index (χ1) is 14.7. The predicted octanol–water partition coefficient (Wildman–Crippen LogP) is 7.78. The Bertz CT molecular complexity index is 1180. The number of urea groups is 1. The number of nitrogens with one attached hydrogen (secondary N) is 2. The lowest BCUT2D eigenvalue weighted by atomic mass is 10.1. The smallest absolute Gasteiger partial charge is 0.326 e. The van der Waals surface area contributed by atoms with E-state index in [0.29, 0.717) is 53.4 Å². The summed E-state index contributed by atoms with van der Waals surface area (Å²) in [5, 5.41) is 6.08. The second-order valence-corrected chi connectivity index (χ2v) is 8.65. The molecule has 0 atom stereocenters. The highest BCUT2D eigenvalue weighted by Crippen LogP contribution is 2.41. The number of aryl methyl sites for hydroxylation is 1. The highest BCUT2D eigenvalue weighted by Gasteiger charge is 2.18. The van der Waals surface area contributed by atoms with E-state index in [2.05, 4.69) is 26.6 Å². The molecule has 3 rings (SSSR count). The highest BCUT2D eigenvalue weighted by atomic mass is 79.9. The highest BCUT2D eigenvalue weighted by molar-refractivity contribution is 9.10. The van der Waals surface area contributed by atoms with Gasteiger partial charge in [-0.05, 0) is 77.3 Å². The van der Waals surface area contributed by atoms with Crippen molar-refractivity contribution in [3.63, 3.8) is 0 Å². The molecule has 5 nitrogen and oxygen atoms in total. The van der Waals surface area contributed by atoms with Crippen molar-refractivity contribution in [3.8, 4) is 11.5 Å². The second-order valence-electron chi connectivity index (χ2n) is 6.57. The average molecular weight is 543 g/mol. The molecule has 3 amide bonds. The number of anilines is 1. The molecule has 0 aliphatic rings. The van der Waals surface area contributed by atoms with E-state index in [-0.39, 0.29) is 0 Å². The molecule has 0 spiro atoms. The minimum Gasteiger partial charge on any atom is -0.454 e. The van der Waals surface area contributed by atoms with Gasteiger partial charge in [0.25, 0.3) is 5.91 Å². The zero-order chi connectivity index (χ0) is 22.7. The first-order valence-corrected chi connectivity index (χ1v) is 10.9. The van der Waals surface area contributed by atoms with Crippen LogP contribution in [-0.4, -0.2) is 11.9 Å². The van der Waals surface area contributed by atoms with Crippen LogP contribution in [0.25, 0.3) is 0 Å². The van der Waals surface area contributed by atoms with Crippen molar-refractivity contribution in [2.45, 2.75) is 13.8 Å². The van der Waals surface area contributed by atoms with Crippen molar-refractivity contribution < 1.29 is 14.3 Å². The second kappa shape index (κ2) is 9.92. The zero-order valence-electron chi connectivity index (χ0n) is 16.4. The molecule has 0 bridgehead atoms. The summed E-state index contributed by atoms with van der Waals surface area (Å²) in [6.07, 6.45) is 0. The summed E-state index contributed by atoms with van der Waals surface area (Å²) >= 11 is 21.9. The Morgan fingerprint density at radius 1 is 1.00 bits per heavy atom. The summed E-state index contributed by atoms with van der Waals surface area (Å²) < 4.78 is 6.47. The number of imide groups is 1. The molecule has 0 aromatic heterocycles. The molecule has 9 heteroatoms. The molecule has 0 aliphatic carbocycles. The summed E-state index contributed by atoms with van der Waals surface area (Å²) in [4.78, 5) is 24.7. The summed E-state index contributed by atoms with van der Waals surface area (Å²) in [7, 11) is 0. The van der Waals surface area contributed by atoms with Crippen LogP contribution in [0.15, 0.2) is 53.0 Å². The maximum absolute atomic E-state index is 12.4. The Morgan fingerprint density at radius 2 is 1.71 bits per heavy atom. The molecule has 0 heterocycles. The van der Waals surface area contributed by atoms with Gasteiger partial charge >= 0.3 is 6.03 Å². The van der Waals surface area contributed by atoms with Crippen molar-refractivity contribution in [2.24, 2.45) is 0 Å². The molecule has 0 unspecified atom stereocenters. The van der Waals surface area contributed by atoms with E-state index in [0.717, 1.165) is 0 Å². The molecule has 3 aromatic rings. The van der Waals surface area contributed by atoms with Crippen LogP contribution in [0.4, 0.5) is 10.5 Å². The number of carbonyl (C=O) groups is 2. The number of carbonyl (C=O) groups excluding carboxylic acids is 2. The minimum atomic E-state index is -0.686. The van der Waals surface area contributed by atoms with Crippen LogP contribution >= 0.6 is 50.7 Å². The first kappa shape index (κ1) is 23.4. The van der Waals surface area contributed by atoms with Crippen LogP contribution in [-0.2, 0) is 0 Å². The largest absolute Gasteiger partial charge is 0.454 e. The third-order valence-electron chi connectivity index (χ3n) is 4.35. The Hall–Kier alpha value is -2.25. The quantitative estimate of drug-likeness (QED) is 0.354. The summed E-state index contributed by atoms with van der Waals surface area (Å²) in [5.41, 5.74) is 2.01. The summed E-state index contributed by atoms with van der Waals surface area (Å²) in [6.45, 7) is 3.50. The lowest BCUT2D eigenvalue weighted by Gasteiger charge is -2.17. The van der Waals surface area contributed by atoms with Gasteiger partial charge in [0.05, 0.1) is 15.6 Å². The van der Waals surface area contributed by atoms with E-state index in [9.17, 15) is 9.59 Å². The molecular formula is C22H16BrCl3N2O3. The fourth-order valence-electron chi connectivity index (χ4n) is 2.74. The molecule has 0 saturated heterocycles. The van der Waals surface area contributed by atoms with Crippen LogP contribution in [0.1, 0.15) is 21.5 Å². The molecule has 160 valence electrons. The minimum absolute atomic E-state index is 0.304. The molecule has 31 heavy (non-hydrogen) atoms. The Balaban J connectivity index is 1.79. The van der Waals surface area contributed by atoms with E-state index in [4.69, 9.17) is 39.5 Å². The van der Waals surface area contributed by atoms with Gasteiger partial charge in [0.2, 0.25) is 0 Å². The normalized spacial score (nSPS) is 10.5. The van der Waals surface area contributed by atoms with Crippen molar-refractivity contribution in [2.75, 3.05) is 5.32 Å². The molecule has 0 saturated carbocycles. The molecule has 2 N–H and O–H groups in total. The lowest BCUT2D eigenvalue weighted by molar-refractivity contribution is 0.0966. The van der Waals surface area contributed by atoms with Crippen molar-refractivity contribution in [1.29, 1.82) is 0 Å². The third-order valence-corrected chi connectivity index (χ3v) is 6.03. The van der Waals surface area contributed by atoms with Gasteiger partial charge in [0.15, 0.2) is 0 Å². The van der Waals surface area contributed by atoms with Gasteiger partial charge < -0.3 is 10.1 Å². The van der Waals surface area contributed by atoms with Crippen molar-refractivity contribution >= 4 is 68.4 Å². The van der Waals surface area contributed by atoms with Gasteiger partial charge in [0, 0.05) is 15.2 Å². The maximum atomic E-state index is 12.4. The van der Waals surface area contributed by atoms with Gasteiger partial charge in [-0.15, -0.1) is 0 Å². The van der Waals surface area contributed by atoms with Crippen LogP contribution in [0.3, 0.4) is 0 Å². The zero-order valence-corrected chi connectivity index (χ0v) is 20.2. The fourth-order valence-corrected chi connectivity index (χ4v) is 3.95. The first-order valence-electron chi connectivity index (χ1n) is 8.97. The van der Waals surface area contributed by atoms with Crippen LogP contribution in [0.5, 0.6) is 11.5 Å². The van der Waals surface area contributed by atoms with Gasteiger partial charge in [-0.2, -0.15) is 0 Å². The summed E-state index contributed by atoms with van der Waals surface area (Å²) in [5.74, 6) is 0.259. The van der Waals surface area contributed by atoms with E-state index in [1.54, 1.807) is 62.4 Å². The number of rotatable bonds is 4. The SMILES string of the molecule is Cc1cc(NC(=O)NC(=O)c2ccccc2Br)c(C)c(Cl)c1Oc1ccc(Cl)cc1Cl. The Morgan fingerprint density at radius 3 is 2.39 bits per heavy atom. The van der Waals surface area contributed by atoms with Gasteiger partial charge in [-0.3, -0.25) is 10.1 Å². The molecule has 0 fully saturated rings. The number of ether oxygens (including phenoxy) is 1. The number of amides is 3. The van der Waals surface area contributed by atoms with E-state index >= 15 is 0 Å². The standard InChI is InChI=1S/C22H16BrCl3N2O3/c1-11-9-17(27-22(30)28-21(29)14-5-3-4-6-15(14)23)12(2)19(26)20(11)31-18-8-7-13(24)10-16(18)25/h3-10H,1-2H3,(H2,27,28,29,30). The van der Waals surface area contributed by atoms with Crippen molar-refractivity contribution in [3.05, 3.63) is 84.8 Å². The Kier molecular flexibility index (Phi) is 7.49. The van der Waals surface area contributed by atoms with Gasteiger partial charge in [-0.25, -0.2) is 4.79 Å². The third kappa shape index (κ3) is 5.52. The van der Waals surface area contributed by atoms with Crippen LogP contribution in [0, 0.1) is 13.8 Å². The lowest BCUT2D eigenvalue weighted by Crippen LogP contribution is -2.34. The van der Waals surface area contributed by atoms with E-state index in [1.165, 1.54) is 0 Å². The molecule has 3 aromatic carbocycles. The number of benzene rings is 3. The van der Waals surface area contributed by atoms with Crippen molar-refractivity contribution in [1.82, 2.24) is 5.32 Å². The number of hydrogen-bond acceptors (Lipinski definition) is 3. The van der Waals surface area contributed by atoms with E-state index < -0.39 is 11.9 Å².